The van der Waals surface area contributed by atoms with Crippen LogP contribution in [0.2, 0.25) is 0 Å². The Kier molecular flexibility index (Phi) is 6.75. The van der Waals surface area contributed by atoms with Gasteiger partial charge in [-0.1, -0.05) is 40.7 Å². The summed E-state index contributed by atoms with van der Waals surface area (Å²) in [5, 5.41) is 0. The Morgan fingerprint density at radius 1 is 1.46 bits per heavy atom. The smallest absolute Gasteiger partial charge is 0.0204 e. The molecule has 0 radical (unpaired) electrons. The maximum atomic E-state index is 4.06. The largest absolute Gasteiger partial charge is 0.375 e. The Balaban J connectivity index is 0.000000671. The van der Waals surface area contributed by atoms with Crippen LogP contribution < -0.4 is 0 Å². The summed E-state index contributed by atoms with van der Waals surface area (Å²) in [5.41, 5.74) is 1.35. The van der Waals surface area contributed by atoms with Crippen LogP contribution in [0.15, 0.2) is 12.3 Å². The van der Waals surface area contributed by atoms with Gasteiger partial charge in [0.1, 0.15) is 0 Å². The van der Waals surface area contributed by atoms with Crippen molar-refractivity contribution in [2.75, 3.05) is 13.1 Å². The molecule has 0 amide bonds. The predicted octanol–water partition coefficient (Wildman–Crippen LogP) is 3.67. The van der Waals surface area contributed by atoms with Crippen molar-refractivity contribution in [3.8, 4) is 0 Å². The maximum absolute atomic E-state index is 4.06. The topological polar surface area (TPSA) is 3.24 Å². The van der Waals surface area contributed by atoms with E-state index in [1.54, 1.807) is 0 Å². The number of rotatable bonds is 3. The summed E-state index contributed by atoms with van der Waals surface area (Å²) in [6.45, 7) is 15.1. The molecule has 1 fully saturated rings. The van der Waals surface area contributed by atoms with E-state index in [4.69, 9.17) is 0 Å². The van der Waals surface area contributed by atoms with E-state index in [0.717, 1.165) is 5.92 Å². The molecule has 1 unspecified atom stereocenters. The van der Waals surface area contributed by atoms with Crippen molar-refractivity contribution in [3.05, 3.63) is 12.3 Å². The number of nitrogens with zero attached hydrogens (tertiary/aromatic N) is 1. The molecule has 0 aromatic rings. The van der Waals surface area contributed by atoms with E-state index in [0.29, 0.717) is 0 Å². The Morgan fingerprint density at radius 3 is 2.46 bits per heavy atom. The third kappa shape index (κ3) is 4.35. The molecule has 1 aliphatic rings. The van der Waals surface area contributed by atoms with Gasteiger partial charge in [0, 0.05) is 18.8 Å². The van der Waals surface area contributed by atoms with Crippen LogP contribution in [-0.4, -0.2) is 18.0 Å². The Bertz CT molecular complexity index is 140. The molecule has 0 N–H and O–H groups in total. The van der Waals surface area contributed by atoms with Crippen LogP contribution >= 0.6 is 0 Å². The third-order valence-corrected chi connectivity index (χ3v) is 2.34. The van der Waals surface area contributed by atoms with Gasteiger partial charge in [0.15, 0.2) is 0 Å². The van der Waals surface area contributed by atoms with Gasteiger partial charge < -0.3 is 4.90 Å². The molecule has 0 bridgehead atoms. The first-order valence-corrected chi connectivity index (χ1v) is 5.66. The molecule has 1 atom stereocenters. The minimum absolute atomic E-state index is 0.833. The summed E-state index contributed by atoms with van der Waals surface area (Å²) >= 11 is 0. The van der Waals surface area contributed by atoms with Gasteiger partial charge in [0.25, 0.3) is 0 Å². The summed E-state index contributed by atoms with van der Waals surface area (Å²) in [6.07, 6.45) is 3.81. The van der Waals surface area contributed by atoms with Crippen LogP contribution in [-0.2, 0) is 0 Å². The second kappa shape index (κ2) is 6.99. The SMILES string of the molecule is C=C1CC(C)CN1CCCC.CC. The van der Waals surface area contributed by atoms with Crippen LogP contribution in [0.25, 0.3) is 0 Å². The average Bonchev–Trinajstić information content (AvgIpc) is 2.45. The first-order chi connectivity index (χ1) is 6.24. The minimum atomic E-state index is 0.833. The second-order valence-electron chi connectivity index (χ2n) is 3.68. The third-order valence-electron chi connectivity index (χ3n) is 2.34. The van der Waals surface area contributed by atoms with Crippen molar-refractivity contribution < 1.29 is 0 Å². The highest BCUT2D eigenvalue weighted by Crippen LogP contribution is 2.24. The number of likely N-dealkylation sites (tertiary alicyclic amines) is 1. The maximum Gasteiger partial charge on any atom is 0.0204 e. The highest BCUT2D eigenvalue weighted by Gasteiger charge is 2.20. The van der Waals surface area contributed by atoms with Crippen molar-refractivity contribution in [1.29, 1.82) is 0 Å². The van der Waals surface area contributed by atoms with Gasteiger partial charge in [-0.25, -0.2) is 0 Å². The Hall–Kier alpha value is -0.460. The summed E-state index contributed by atoms with van der Waals surface area (Å²) in [6, 6.07) is 0. The zero-order chi connectivity index (χ0) is 10.3. The van der Waals surface area contributed by atoms with Gasteiger partial charge in [-0.15, -0.1) is 0 Å². The average molecular weight is 183 g/mol. The van der Waals surface area contributed by atoms with E-state index in [9.17, 15) is 0 Å². The Labute approximate surface area is 83.8 Å². The number of hydrogen-bond donors (Lipinski definition) is 0. The first kappa shape index (κ1) is 12.5. The van der Waals surface area contributed by atoms with Gasteiger partial charge in [0.05, 0.1) is 0 Å². The molecule has 1 heterocycles. The zero-order valence-electron chi connectivity index (χ0n) is 9.77. The van der Waals surface area contributed by atoms with E-state index < -0.39 is 0 Å². The summed E-state index contributed by atoms with van der Waals surface area (Å²) in [7, 11) is 0. The van der Waals surface area contributed by atoms with Crippen LogP contribution in [0.3, 0.4) is 0 Å². The molecule has 1 rings (SSSR count). The normalized spacial score (nSPS) is 21.4. The van der Waals surface area contributed by atoms with Crippen molar-refractivity contribution in [3.63, 3.8) is 0 Å². The van der Waals surface area contributed by atoms with E-state index in [1.165, 1.54) is 38.0 Å². The quantitative estimate of drug-likeness (QED) is 0.645. The number of unbranched alkanes of at least 4 members (excludes halogenated alkanes) is 1. The number of allylic oxidation sites excluding steroid dienone is 1. The number of hydrogen-bond acceptors (Lipinski definition) is 1. The molecular weight excluding hydrogens is 158 g/mol. The molecule has 0 aromatic heterocycles. The molecule has 0 aromatic carbocycles. The molecule has 1 heteroatoms. The lowest BCUT2D eigenvalue weighted by atomic mass is 10.1. The molecule has 1 aliphatic heterocycles. The van der Waals surface area contributed by atoms with Crippen molar-refractivity contribution in [2.45, 2.75) is 47.0 Å². The van der Waals surface area contributed by atoms with Gasteiger partial charge >= 0.3 is 0 Å². The molecular formula is C12H25N. The van der Waals surface area contributed by atoms with Crippen LogP contribution in [0.1, 0.15) is 47.0 Å². The zero-order valence-corrected chi connectivity index (χ0v) is 9.77. The van der Waals surface area contributed by atoms with E-state index in [-0.39, 0.29) is 0 Å². The summed E-state index contributed by atoms with van der Waals surface area (Å²) in [4.78, 5) is 2.44. The lowest BCUT2D eigenvalue weighted by Gasteiger charge is -2.18. The van der Waals surface area contributed by atoms with E-state index in [2.05, 4.69) is 25.3 Å². The van der Waals surface area contributed by atoms with Crippen molar-refractivity contribution >= 4 is 0 Å². The molecule has 0 spiro atoms. The molecule has 0 aliphatic carbocycles. The van der Waals surface area contributed by atoms with Gasteiger partial charge in [-0.2, -0.15) is 0 Å². The first-order valence-electron chi connectivity index (χ1n) is 5.66. The fraction of sp³-hybridized carbons (Fsp3) is 0.833. The fourth-order valence-electron chi connectivity index (χ4n) is 1.70. The monoisotopic (exact) mass is 183 g/mol. The Morgan fingerprint density at radius 2 is 2.08 bits per heavy atom. The van der Waals surface area contributed by atoms with Crippen LogP contribution in [0.4, 0.5) is 0 Å². The molecule has 0 saturated carbocycles. The van der Waals surface area contributed by atoms with Crippen LogP contribution in [0.5, 0.6) is 0 Å². The predicted molar refractivity (Wildman–Crippen MR) is 60.8 cm³/mol. The molecule has 78 valence electrons. The van der Waals surface area contributed by atoms with Gasteiger partial charge in [-0.3, -0.25) is 0 Å². The van der Waals surface area contributed by atoms with E-state index >= 15 is 0 Å². The minimum Gasteiger partial charge on any atom is -0.375 e. The van der Waals surface area contributed by atoms with E-state index in [1.807, 2.05) is 13.8 Å². The highest BCUT2D eigenvalue weighted by molar-refractivity contribution is 5.01. The standard InChI is InChI=1S/C10H19N.C2H6/c1-4-5-6-11-8-9(2)7-10(11)3;1-2/h9H,3-8H2,1-2H3;1-2H3. The lowest BCUT2D eigenvalue weighted by molar-refractivity contribution is 0.364. The lowest BCUT2D eigenvalue weighted by Crippen LogP contribution is -2.19. The highest BCUT2D eigenvalue weighted by atomic mass is 15.2. The second-order valence-corrected chi connectivity index (χ2v) is 3.68. The van der Waals surface area contributed by atoms with Crippen molar-refractivity contribution in [1.82, 2.24) is 4.90 Å². The summed E-state index contributed by atoms with van der Waals surface area (Å²) in [5.74, 6) is 0.833. The molecule has 1 nitrogen and oxygen atoms in total. The van der Waals surface area contributed by atoms with Crippen LogP contribution in [0, 0.1) is 5.92 Å². The van der Waals surface area contributed by atoms with Crippen molar-refractivity contribution in [2.24, 2.45) is 5.92 Å². The van der Waals surface area contributed by atoms with Gasteiger partial charge in [0.2, 0.25) is 0 Å². The molecule has 1 saturated heterocycles. The van der Waals surface area contributed by atoms with Gasteiger partial charge in [-0.05, 0) is 18.8 Å². The fourth-order valence-corrected chi connectivity index (χ4v) is 1.70. The summed E-state index contributed by atoms with van der Waals surface area (Å²) < 4.78 is 0. The molecule has 13 heavy (non-hydrogen) atoms.